The lowest BCUT2D eigenvalue weighted by atomic mass is 10.3. The van der Waals surface area contributed by atoms with Gasteiger partial charge in [0, 0.05) is 25.9 Å². The molecule has 0 aliphatic carbocycles. The predicted octanol–water partition coefficient (Wildman–Crippen LogP) is 1.52. The number of urea groups is 1. The third kappa shape index (κ3) is 5.46. The highest BCUT2D eigenvalue weighted by Gasteiger charge is 2.12. The fraction of sp³-hybridized carbons (Fsp3) is 0.500. The first-order chi connectivity index (χ1) is 9.71. The predicted molar refractivity (Wildman–Crippen MR) is 79.1 cm³/mol. The molecule has 0 bridgehead atoms. The van der Waals surface area contributed by atoms with Crippen LogP contribution in [0.15, 0.2) is 24.3 Å². The van der Waals surface area contributed by atoms with Gasteiger partial charge in [-0.05, 0) is 37.2 Å². The molecule has 0 unspecified atom stereocenters. The minimum absolute atomic E-state index is 0.152. The topological polar surface area (TPSA) is 76.8 Å². The molecular weight excluding hydrogens is 258 g/mol. The summed E-state index contributed by atoms with van der Waals surface area (Å²) in [7, 11) is 3.22. The van der Waals surface area contributed by atoms with E-state index in [0.717, 1.165) is 17.9 Å². The van der Waals surface area contributed by atoms with E-state index < -0.39 is 0 Å². The fourth-order valence-electron chi connectivity index (χ4n) is 1.68. The molecule has 112 valence electrons. The van der Waals surface area contributed by atoms with Gasteiger partial charge in [-0.15, -0.1) is 0 Å². The van der Waals surface area contributed by atoms with E-state index in [9.17, 15) is 4.79 Å². The Kier molecular flexibility index (Phi) is 7.46. The van der Waals surface area contributed by atoms with Gasteiger partial charge in [-0.3, -0.25) is 0 Å². The van der Waals surface area contributed by atoms with E-state index >= 15 is 0 Å². The highest BCUT2D eigenvalue weighted by molar-refractivity contribution is 5.89. The maximum atomic E-state index is 12.2. The van der Waals surface area contributed by atoms with Crippen molar-refractivity contribution in [3.05, 3.63) is 24.3 Å². The van der Waals surface area contributed by atoms with Gasteiger partial charge in [0.1, 0.15) is 5.75 Å². The minimum atomic E-state index is -0.152. The molecule has 20 heavy (non-hydrogen) atoms. The van der Waals surface area contributed by atoms with E-state index in [1.54, 1.807) is 43.4 Å². The van der Waals surface area contributed by atoms with Crippen LogP contribution in [-0.4, -0.2) is 51.4 Å². The zero-order chi connectivity index (χ0) is 14.8. The van der Waals surface area contributed by atoms with Gasteiger partial charge in [0.05, 0.1) is 13.7 Å². The molecular formula is C14H23N3O3. The van der Waals surface area contributed by atoms with E-state index in [1.807, 2.05) is 0 Å². The zero-order valence-corrected chi connectivity index (χ0v) is 12.1. The Bertz CT molecular complexity index is 387. The van der Waals surface area contributed by atoms with Crippen molar-refractivity contribution in [2.24, 2.45) is 5.73 Å². The molecule has 6 nitrogen and oxygen atoms in total. The third-order valence-corrected chi connectivity index (χ3v) is 2.83. The quantitative estimate of drug-likeness (QED) is 0.757. The lowest BCUT2D eigenvalue weighted by molar-refractivity contribution is 0.155. The fourth-order valence-corrected chi connectivity index (χ4v) is 1.68. The number of carbonyl (C=O) groups excluding carboxylic acids is 1. The number of nitrogens with zero attached hydrogens (tertiary/aromatic N) is 1. The van der Waals surface area contributed by atoms with Crippen LogP contribution in [0.1, 0.15) is 6.42 Å². The maximum Gasteiger partial charge on any atom is 0.321 e. The van der Waals surface area contributed by atoms with Crippen LogP contribution < -0.4 is 15.8 Å². The standard InChI is InChI=1S/C14H23N3O3/c1-19-11-10-17(9-3-8-15)14(18)16-12-4-6-13(20-2)7-5-12/h4-7H,3,8-11,15H2,1-2H3,(H,16,18). The lowest BCUT2D eigenvalue weighted by Crippen LogP contribution is -2.38. The molecule has 0 saturated carbocycles. The highest BCUT2D eigenvalue weighted by Crippen LogP contribution is 2.15. The molecule has 1 aromatic carbocycles. The Hall–Kier alpha value is -1.79. The van der Waals surface area contributed by atoms with Gasteiger partial charge in [-0.1, -0.05) is 0 Å². The van der Waals surface area contributed by atoms with Crippen LogP contribution in [0.5, 0.6) is 5.75 Å². The van der Waals surface area contributed by atoms with Crippen LogP contribution in [-0.2, 0) is 4.74 Å². The van der Waals surface area contributed by atoms with E-state index in [4.69, 9.17) is 15.2 Å². The molecule has 0 aromatic heterocycles. The van der Waals surface area contributed by atoms with Gasteiger partial charge in [0.2, 0.25) is 0 Å². The molecule has 0 atom stereocenters. The van der Waals surface area contributed by atoms with Crippen molar-refractivity contribution >= 4 is 11.7 Å². The Balaban J connectivity index is 2.58. The summed E-state index contributed by atoms with van der Waals surface area (Å²) in [6, 6.07) is 7.05. The highest BCUT2D eigenvalue weighted by atomic mass is 16.5. The number of anilines is 1. The van der Waals surface area contributed by atoms with Crippen molar-refractivity contribution in [1.29, 1.82) is 0 Å². The normalized spacial score (nSPS) is 10.2. The molecule has 2 amide bonds. The van der Waals surface area contributed by atoms with E-state index in [-0.39, 0.29) is 6.03 Å². The summed E-state index contributed by atoms with van der Waals surface area (Å²) in [5.41, 5.74) is 6.21. The summed E-state index contributed by atoms with van der Waals surface area (Å²) in [6.45, 7) is 2.21. The second-order valence-electron chi connectivity index (χ2n) is 4.28. The number of hydrogen-bond donors (Lipinski definition) is 2. The van der Waals surface area contributed by atoms with Gasteiger partial charge in [-0.2, -0.15) is 0 Å². The number of nitrogens with one attached hydrogen (secondary N) is 1. The van der Waals surface area contributed by atoms with E-state index in [0.29, 0.717) is 26.2 Å². The molecule has 1 aromatic rings. The minimum Gasteiger partial charge on any atom is -0.497 e. The maximum absolute atomic E-state index is 12.2. The lowest BCUT2D eigenvalue weighted by Gasteiger charge is -2.22. The smallest absolute Gasteiger partial charge is 0.321 e. The number of amides is 2. The van der Waals surface area contributed by atoms with Crippen LogP contribution in [0, 0.1) is 0 Å². The Morgan fingerprint density at radius 1 is 1.25 bits per heavy atom. The molecule has 1 rings (SSSR count). The second-order valence-corrected chi connectivity index (χ2v) is 4.28. The number of methoxy groups -OCH3 is 2. The summed E-state index contributed by atoms with van der Waals surface area (Å²) < 4.78 is 10.1. The molecule has 0 aliphatic rings. The van der Waals surface area contributed by atoms with E-state index in [2.05, 4.69) is 5.32 Å². The molecule has 0 spiro atoms. The van der Waals surface area contributed by atoms with Crippen LogP contribution in [0.4, 0.5) is 10.5 Å². The summed E-state index contributed by atoms with van der Waals surface area (Å²) in [4.78, 5) is 13.9. The van der Waals surface area contributed by atoms with Crippen molar-refractivity contribution in [3.63, 3.8) is 0 Å². The SMILES string of the molecule is COCCN(CCCN)C(=O)Nc1ccc(OC)cc1. The van der Waals surface area contributed by atoms with Crippen molar-refractivity contribution in [2.45, 2.75) is 6.42 Å². The Morgan fingerprint density at radius 2 is 1.95 bits per heavy atom. The van der Waals surface area contributed by atoms with Crippen LogP contribution in [0.25, 0.3) is 0 Å². The molecule has 0 aliphatic heterocycles. The van der Waals surface area contributed by atoms with Gasteiger partial charge in [-0.25, -0.2) is 4.79 Å². The average molecular weight is 281 g/mol. The molecule has 0 saturated heterocycles. The monoisotopic (exact) mass is 281 g/mol. The Morgan fingerprint density at radius 3 is 2.50 bits per heavy atom. The van der Waals surface area contributed by atoms with Gasteiger partial charge >= 0.3 is 6.03 Å². The van der Waals surface area contributed by atoms with Crippen LogP contribution in [0.3, 0.4) is 0 Å². The number of carbonyl (C=O) groups is 1. The first-order valence-electron chi connectivity index (χ1n) is 6.60. The summed E-state index contributed by atoms with van der Waals surface area (Å²) in [5, 5.41) is 2.85. The first kappa shape index (κ1) is 16.3. The molecule has 3 N–H and O–H groups in total. The number of benzene rings is 1. The van der Waals surface area contributed by atoms with Crippen molar-refractivity contribution in [3.8, 4) is 5.75 Å². The molecule has 0 heterocycles. The summed E-state index contributed by atoms with van der Waals surface area (Å²) in [5.74, 6) is 0.752. The van der Waals surface area contributed by atoms with Gasteiger partial charge in [0.25, 0.3) is 0 Å². The molecule has 0 radical (unpaired) electrons. The molecule has 6 heteroatoms. The van der Waals surface area contributed by atoms with Crippen molar-refractivity contribution in [1.82, 2.24) is 4.90 Å². The number of nitrogens with two attached hydrogens (primary N) is 1. The van der Waals surface area contributed by atoms with Crippen LogP contribution >= 0.6 is 0 Å². The van der Waals surface area contributed by atoms with Crippen molar-refractivity contribution in [2.75, 3.05) is 45.8 Å². The van der Waals surface area contributed by atoms with Crippen molar-refractivity contribution < 1.29 is 14.3 Å². The van der Waals surface area contributed by atoms with E-state index in [1.165, 1.54) is 0 Å². The third-order valence-electron chi connectivity index (χ3n) is 2.83. The van der Waals surface area contributed by atoms with Crippen LogP contribution in [0.2, 0.25) is 0 Å². The van der Waals surface area contributed by atoms with Gasteiger partial charge in [0.15, 0.2) is 0 Å². The number of rotatable bonds is 8. The first-order valence-corrected chi connectivity index (χ1v) is 6.60. The number of ether oxygens (including phenoxy) is 2. The Labute approximate surface area is 119 Å². The molecule has 0 fully saturated rings. The zero-order valence-electron chi connectivity index (χ0n) is 12.1. The second kappa shape index (κ2) is 9.17. The average Bonchev–Trinajstić information content (AvgIpc) is 2.48. The number of hydrogen-bond acceptors (Lipinski definition) is 4. The largest absolute Gasteiger partial charge is 0.497 e. The summed E-state index contributed by atoms with van der Waals surface area (Å²) >= 11 is 0. The summed E-state index contributed by atoms with van der Waals surface area (Å²) in [6.07, 6.45) is 0.764. The van der Waals surface area contributed by atoms with Gasteiger partial charge < -0.3 is 25.4 Å².